The third-order valence-corrected chi connectivity index (χ3v) is 3.45. The Kier molecular flexibility index (Phi) is 5.91. The number of nitroso groups, excluding NO2 is 1. The lowest BCUT2D eigenvalue weighted by atomic mass is 10.2. The summed E-state index contributed by atoms with van der Waals surface area (Å²) in [7, 11) is -3.91. The minimum atomic E-state index is -3.91. The molecule has 0 fully saturated rings. The van der Waals surface area contributed by atoms with Crippen molar-refractivity contribution in [3.05, 3.63) is 29.2 Å². The highest BCUT2D eigenvalue weighted by Crippen LogP contribution is 2.20. The molecular formula is C12H18N2O4S. The second kappa shape index (κ2) is 7.20. The zero-order chi connectivity index (χ0) is 14.3. The number of benzene rings is 1. The fraction of sp³-hybridized carbons (Fsp3) is 0.500. The van der Waals surface area contributed by atoms with Crippen molar-refractivity contribution < 1.29 is 13.0 Å². The molecule has 6 nitrogen and oxygen atoms in total. The van der Waals surface area contributed by atoms with Crippen LogP contribution in [0.5, 0.6) is 0 Å². The Bertz CT molecular complexity index is 499. The molecule has 0 heterocycles. The molecule has 0 aromatic heterocycles. The molecule has 0 aliphatic rings. The molecule has 1 N–H and O–H groups in total. The summed E-state index contributed by atoms with van der Waals surface area (Å²) in [6, 6.07) is 6.79. The predicted molar refractivity (Wildman–Crippen MR) is 75.4 cm³/mol. The maximum Gasteiger partial charge on any atom is 0.264 e. The summed E-state index contributed by atoms with van der Waals surface area (Å²) in [5.41, 5.74) is 1.27. The van der Waals surface area contributed by atoms with Crippen LogP contribution < -0.4 is 4.90 Å². The second-order valence-electron chi connectivity index (χ2n) is 4.23. The Balaban J connectivity index is 2.67. The van der Waals surface area contributed by atoms with Crippen LogP contribution in [-0.4, -0.2) is 31.8 Å². The topological polar surface area (TPSA) is 87.0 Å². The molecule has 1 aromatic carbocycles. The normalized spacial score (nSPS) is 11.3. The average Bonchev–Trinajstić information content (AvgIpc) is 2.36. The van der Waals surface area contributed by atoms with Gasteiger partial charge in [-0.1, -0.05) is 6.92 Å². The van der Waals surface area contributed by atoms with E-state index >= 15 is 0 Å². The van der Waals surface area contributed by atoms with Crippen LogP contribution in [0.2, 0.25) is 0 Å². The highest BCUT2D eigenvalue weighted by Gasteiger charge is 2.09. The van der Waals surface area contributed by atoms with Gasteiger partial charge in [0.15, 0.2) is 0 Å². The van der Waals surface area contributed by atoms with Crippen LogP contribution in [0.25, 0.3) is 0 Å². The van der Waals surface area contributed by atoms with Gasteiger partial charge in [-0.25, -0.2) is 0 Å². The van der Waals surface area contributed by atoms with Crippen molar-refractivity contribution in [2.24, 2.45) is 5.18 Å². The average molecular weight is 286 g/mol. The van der Waals surface area contributed by atoms with Gasteiger partial charge in [-0.15, -0.1) is 4.91 Å². The van der Waals surface area contributed by atoms with E-state index in [1.54, 1.807) is 24.3 Å². The molecule has 0 amide bonds. The van der Waals surface area contributed by atoms with E-state index < -0.39 is 10.1 Å². The fourth-order valence-electron chi connectivity index (χ4n) is 1.80. The number of nitrogens with zero attached hydrogens (tertiary/aromatic N) is 2. The van der Waals surface area contributed by atoms with Crippen molar-refractivity contribution in [2.75, 3.05) is 23.7 Å². The SMILES string of the molecule is CCCN(CCCS(=O)(=O)O)c1ccc(N=O)cc1. The first-order chi connectivity index (χ1) is 8.96. The first-order valence-corrected chi connectivity index (χ1v) is 7.70. The molecule has 1 aromatic rings. The van der Waals surface area contributed by atoms with Crippen LogP contribution >= 0.6 is 0 Å². The van der Waals surface area contributed by atoms with E-state index in [0.717, 1.165) is 18.7 Å². The molecule has 1 rings (SSSR count). The molecule has 0 saturated heterocycles. The summed E-state index contributed by atoms with van der Waals surface area (Å²) in [5.74, 6) is -0.249. The van der Waals surface area contributed by atoms with Crippen LogP contribution in [-0.2, 0) is 10.1 Å². The molecule has 106 valence electrons. The third-order valence-electron chi connectivity index (χ3n) is 2.64. The number of anilines is 1. The maximum atomic E-state index is 10.7. The molecule has 0 radical (unpaired) electrons. The molecule has 0 bridgehead atoms. The van der Waals surface area contributed by atoms with E-state index in [4.69, 9.17) is 4.55 Å². The molecule has 0 atom stereocenters. The lowest BCUT2D eigenvalue weighted by Gasteiger charge is -2.24. The van der Waals surface area contributed by atoms with E-state index in [1.807, 2.05) is 11.8 Å². The molecule has 0 unspecified atom stereocenters. The van der Waals surface area contributed by atoms with Crippen molar-refractivity contribution in [3.63, 3.8) is 0 Å². The van der Waals surface area contributed by atoms with E-state index in [-0.39, 0.29) is 5.75 Å². The molecule has 7 heteroatoms. The Morgan fingerprint density at radius 3 is 2.32 bits per heavy atom. The Labute approximate surface area is 113 Å². The van der Waals surface area contributed by atoms with Gasteiger partial charge >= 0.3 is 0 Å². The van der Waals surface area contributed by atoms with E-state index in [1.165, 1.54) is 0 Å². The Morgan fingerprint density at radius 1 is 1.21 bits per heavy atom. The zero-order valence-electron chi connectivity index (χ0n) is 10.8. The van der Waals surface area contributed by atoms with Crippen LogP contribution in [0.15, 0.2) is 29.4 Å². The smallest absolute Gasteiger partial charge is 0.264 e. The van der Waals surface area contributed by atoms with Crippen LogP contribution in [0.4, 0.5) is 11.4 Å². The van der Waals surface area contributed by atoms with Gasteiger partial charge in [0.2, 0.25) is 0 Å². The van der Waals surface area contributed by atoms with E-state index in [2.05, 4.69) is 5.18 Å². The summed E-state index contributed by atoms with van der Waals surface area (Å²) >= 11 is 0. The lowest BCUT2D eigenvalue weighted by molar-refractivity contribution is 0.481. The van der Waals surface area contributed by atoms with Crippen molar-refractivity contribution in [1.82, 2.24) is 0 Å². The van der Waals surface area contributed by atoms with Gasteiger partial charge in [-0.2, -0.15) is 8.42 Å². The van der Waals surface area contributed by atoms with Gasteiger partial charge < -0.3 is 4.90 Å². The minimum Gasteiger partial charge on any atom is -0.372 e. The summed E-state index contributed by atoms with van der Waals surface area (Å²) in [6.45, 7) is 3.33. The molecular weight excluding hydrogens is 268 g/mol. The van der Waals surface area contributed by atoms with Gasteiger partial charge in [-0.3, -0.25) is 4.55 Å². The molecule has 19 heavy (non-hydrogen) atoms. The van der Waals surface area contributed by atoms with Crippen molar-refractivity contribution in [2.45, 2.75) is 19.8 Å². The van der Waals surface area contributed by atoms with Gasteiger partial charge in [0.05, 0.1) is 5.75 Å². The van der Waals surface area contributed by atoms with Crippen LogP contribution in [0.3, 0.4) is 0 Å². The first-order valence-electron chi connectivity index (χ1n) is 6.10. The van der Waals surface area contributed by atoms with Gasteiger partial charge in [0, 0.05) is 18.8 Å². The maximum absolute atomic E-state index is 10.7. The second-order valence-corrected chi connectivity index (χ2v) is 5.81. The Hall–Kier alpha value is -1.47. The van der Waals surface area contributed by atoms with Crippen LogP contribution in [0.1, 0.15) is 19.8 Å². The summed E-state index contributed by atoms with van der Waals surface area (Å²) in [6.07, 6.45) is 1.27. The molecule has 0 spiro atoms. The van der Waals surface area contributed by atoms with E-state index in [0.29, 0.717) is 18.7 Å². The van der Waals surface area contributed by atoms with Crippen molar-refractivity contribution in [3.8, 4) is 0 Å². The lowest BCUT2D eigenvalue weighted by Crippen LogP contribution is -2.26. The monoisotopic (exact) mass is 286 g/mol. The third kappa shape index (κ3) is 5.80. The standard InChI is InChI=1S/C12H18N2O4S/c1-2-8-14(9-3-10-19(16,17)18)12-6-4-11(13-15)5-7-12/h4-7H,2-3,8-10H2,1H3,(H,16,17,18). The fourth-order valence-corrected chi connectivity index (χ4v) is 2.30. The van der Waals surface area contributed by atoms with Gasteiger partial charge in [-0.05, 0) is 42.3 Å². The molecule has 0 aliphatic heterocycles. The first kappa shape index (κ1) is 15.6. The molecule has 0 saturated carbocycles. The van der Waals surface area contributed by atoms with Crippen molar-refractivity contribution in [1.29, 1.82) is 0 Å². The Morgan fingerprint density at radius 2 is 1.84 bits per heavy atom. The van der Waals surface area contributed by atoms with E-state index in [9.17, 15) is 13.3 Å². The van der Waals surface area contributed by atoms with Crippen molar-refractivity contribution >= 4 is 21.5 Å². The summed E-state index contributed by atoms with van der Waals surface area (Å²) in [5, 5.41) is 2.83. The van der Waals surface area contributed by atoms with Crippen LogP contribution in [0, 0.1) is 4.91 Å². The zero-order valence-corrected chi connectivity index (χ0v) is 11.6. The number of rotatable bonds is 8. The quantitative estimate of drug-likeness (QED) is 0.586. The molecule has 0 aliphatic carbocycles. The largest absolute Gasteiger partial charge is 0.372 e. The highest BCUT2D eigenvalue weighted by atomic mass is 32.2. The predicted octanol–water partition coefficient (Wildman–Crippen LogP) is 2.58. The highest BCUT2D eigenvalue weighted by molar-refractivity contribution is 7.85. The number of hydrogen-bond donors (Lipinski definition) is 1. The summed E-state index contributed by atoms with van der Waals surface area (Å²) in [4.78, 5) is 12.4. The summed E-state index contributed by atoms with van der Waals surface area (Å²) < 4.78 is 30.1. The number of hydrogen-bond acceptors (Lipinski definition) is 5. The van der Waals surface area contributed by atoms with Gasteiger partial charge in [0.25, 0.3) is 10.1 Å². The van der Waals surface area contributed by atoms with Gasteiger partial charge in [0.1, 0.15) is 5.69 Å². The minimum absolute atomic E-state index is 0.249.